The minimum atomic E-state index is -0.195. The molecule has 1 saturated heterocycles. The highest BCUT2D eigenvalue weighted by Gasteiger charge is 2.41. The molecule has 174 valence electrons. The van der Waals surface area contributed by atoms with Crippen molar-refractivity contribution in [1.29, 1.82) is 0 Å². The van der Waals surface area contributed by atoms with E-state index in [2.05, 4.69) is 29.0 Å². The summed E-state index contributed by atoms with van der Waals surface area (Å²) in [6.07, 6.45) is 0.655. The lowest BCUT2D eigenvalue weighted by Crippen LogP contribution is -2.43. The largest absolute Gasteiger partial charge is 0.475 e. The Balaban J connectivity index is 1.28. The quantitative estimate of drug-likeness (QED) is 0.607. The Hall–Kier alpha value is -2.91. The molecule has 3 atom stereocenters. The molecule has 0 radical (unpaired) electrons. The number of rotatable bonds is 4. The third-order valence-corrected chi connectivity index (χ3v) is 8.03. The number of thiophene rings is 1. The molecule has 3 aromatic rings. The molecule has 9 heteroatoms. The molecule has 0 bridgehead atoms. The van der Waals surface area contributed by atoms with Crippen LogP contribution in [0.5, 0.6) is 5.88 Å². The summed E-state index contributed by atoms with van der Waals surface area (Å²) in [5.41, 5.74) is 8.42. The molecule has 0 unspecified atom stereocenters. The van der Waals surface area contributed by atoms with Gasteiger partial charge in [0.2, 0.25) is 5.88 Å². The number of ether oxygens (including phenoxy) is 2. The number of aromatic nitrogens is 2. The minimum Gasteiger partial charge on any atom is -0.475 e. The maximum Gasteiger partial charge on any atom is 0.263 e. The van der Waals surface area contributed by atoms with Crippen molar-refractivity contribution in [3.8, 4) is 5.88 Å². The summed E-state index contributed by atoms with van der Waals surface area (Å²) in [5, 5.41) is 3.89. The molecule has 0 saturated carbocycles. The minimum absolute atomic E-state index is 0.152. The summed E-state index contributed by atoms with van der Waals surface area (Å²) in [6, 6.07) is 7.74. The summed E-state index contributed by atoms with van der Waals surface area (Å²) >= 11 is 1.32. The zero-order valence-electron chi connectivity index (χ0n) is 19.3. The van der Waals surface area contributed by atoms with Crippen LogP contribution in [-0.2, 0) is 11.2 Å². The number of hydrogen-bond acceptors (Lipinski definition) is 8. The van der Waals surface area contributed by atoms with E-state index in [9.17, 15) is 4.79 Å². The van der Waals surface area contributed by atoms with Gasteiger partial charge in [0, 0.05) is 49.2 Å². The van der Waals surface area contributed by atoms with Crippen LogP contribution in [0.25, 0.3) is 10.2 Å². The maximum atomic E-state index is 13.0. The number of carbonyl (C=O) groups is 1. The van der Waals surface area contributed by atoms with E-state index in [-0.39, 0.29) is 17.6 Å². The number of anilines is 2. The second-order valence-corrected chi connectivity index (χ2v) is 10.3. The van der Waals surface area contributed by atoms with Gasteiger partial charge >= 0.3 is 0 Å². The maximum absolute atomic E-state index is 13.0. The first-order chi connectivity index (χ1) is 15.8. The lowest BCUT2D eigenvalue weighted by atomic mass is 9.95. The molecule has 33 heavy (non-hydrogen) atoms. The Morgan fingerprint density at radius 2 is 2.15 bits per heavy atom. The molecular weight excluding hydrogens is 438 g/mol. The summed E-state index contributed by atoms with van der Waals surface area (Å²) in [5.74, 6) is 1.74. The zero-order chi connectivity index (χ0) is 23.3. The second kappa shape index (κ2) is 8.14. The molecule has 1 fully saturated rings. The van der Waals surface area contributed by atoms with Crippen molar-refractivity contribution in [3.63, 3.8) is 0 Å². The first-order valence-electron chi connectivity index (χ1n) is 11.2. The van der Waals surface area contributed by atoms with Gasteiger partial charge in [0.1, 0.15) is 22.1 Å². The van der Waals surface area contributed by atoms with Crippen molar-refractivity contribution in [3.05, 3.63) is 40.4 Å². The third-order valence-electron chi connectivity index (χ3n) is 6.92. The number of nitrogens with one attached hydrogen (secondary N) is 1. The smallest absolute Gasteiger partial charge is 0.263 e. The van der Waals surface area contributed by atoms with Gasteiger partial charge in [-0.3, -0.25) is 4.79 Å². The first-order valence-corrected chi connectivity index (χ1v) is 12.0. The first kappa shape index (κ1) is 21.9. The Labute approximate surface area is 197 Å². The van der Waals surface area contributed by atoms with Crippen LogP contribution in [-0.4, -0.2) is 54.3 Å². The van der Waals surface area contributed by atoms with E-state index in [1.54, 1.807) is 7.11 Å². The van der Waals surface area contributed by atoms with Crippen molar-refractivity contribution in [2.45, 2.75) is 38.8 Å². The summed E-state index contributed by atoms with van der Waals surface area (Å²) in [7, 11) is 1.77. The summed E-state index contributed by atoms with van der Waals surface area (Å²) < 4.78 is 11.7. The Morgan fingerprint density at radius 3 is 2.91 bits per heavy atom. The summed E-state index contributed by atoms with van der Waals surface area (Å²) in [6.45, 7) is 8.31. The van der Waals surface area contributed by atoms with Crippen LogP contribution in [0.3, 0.4) is 0 Å². The van der Waals surface area contributed by atoms with E-state index in [1.807, 2.05) is 31.2 Å². The van der Waals surface area contributed by atoms with Gasteiger partial charge in [0.15, 0.2) is 0 Å². The SMILES string of the molecule is CO[C@]1(C)CN(c2ccc3c(n2)OC[C@H](NC(=O)c2sc4nc(C)ccc4c2N)C3)C[C@H]1C. The fourth-order valence-electron chi connectivity index (χ4n) is 4.59. The Kier molecular flexibility index (Phi) is 5.41. The number of amides is 1. The van der Waals surface area contributed by atoms with Gasteiger partial charge < -0.3 is 25.4 Å². The average Bonchev–Trinajstić information content (AvgIpc) is 3.29. The molecule has 5 heterocycles. The molecular formula is C24H29N5O3S. The van der Waals surface area contributed by atoms with Crippen LogP contribution >= 0.6 is 11.3 Å². The van der Waals surface area contributed by atoms with Crippen molar-refractivity contribution in [2.75, 3.05) is 37.4 Å². The standard InChI is InChI=1S/C24H29N5O3S/c1-13-10-29(12-24(13,3)31-4)18-8-6-15-9-16(11-32-22(15)28-18)27-21(30)20-19(25)17-7-5-14(2)26-23(17)33-20/h5-8,13,16H,9-12,25H2,1-4H3,(H,27,30)/t13-,16-,24-/m1/s1. The summed E-state index contributed by atoms with van der Waals surface area (Å²) in [4.78, 5) is 25.7. The average molecular weight is 468 g/mol. The van der Waals surface area contributed by atoms with E-state index < -0.39 is 0 Å². The number of fused-ring (bicyclic) bond motifs is 2. The van der Waals surface area contributed by atoms with Crippen LogP contribution in [0.15, 0.2) is 24.3 Å². The van der Waals surface area contributed by atoms with Gasteiger partial charge in [-0.2, -0.15) is 4.98 Å². The monoisotopic (exact) mass is 467 g/mol. The van der Waals surface area contributed by atoms with Gasteiger partial charge in [0.25, 0.3) is 5.91 Å². The van der Waals surface area contributed by atoms with Crippen LogP contribution in [0, 0.1) is 12.8 Å². The molecule has 3 aromatic heterocycles. The van der Waals surface area contributed by atoms with Crippen molar-refractivity contribution >= 4 is 39.0 Å². The topological polar surface area (TPSA) is 103 Å². The highest BCUT2D eigenvalue weighted by molar-refractivity contribution is 7.21. The number of nitrogens with two attached hydrogens (primary N) is 1. The second-order valence-electron chi connectivity index (χ2n) is 9.27. The van der Waals surface area contributed by atoms with E-state index >= 15 is 0 Å². The molecule has 1 amide bonds. The molecule has 8 nitrogen and oxygen atoms in total. The fraction of sp³-hybridized carbons (Fsp3) is 0.458. The number of pyridine rings is 2. The molecule has 5 rings (SSSR count). The van der Waals surface area contributed by atoms with E-state index in [1.165, 1.54) is 11.3 Å². The fourth-order valence-corrected chi connectivity index (χ4v) is 5.63. The molecule has 2 aliphatic heterocycles. The predicted molar refractivity (Wildman–Crippen MR) is 130 cm³/mol. The molecule has 0 aromatic carbocycles. The number of nitrogens with zero attached hydrogens (tertiary/aromatic N) is 3. The van der Waals surface area contributed by atoms with Crippen molar-refractivity contribution in [1.82, 2.24) is 15.3 Å². The van der Waals surface area contributed by atoms with Crippen LogP contribution < -0.4 is 20.7 Å². The van der Waals surface area contributed by atoms with Crippen LogP contribution in [0.2, 0.25) is 0 Å². The number of carbonyl (C=O) groups excluding carboxylic acids is 1. The van der Waals surface area contributed by atoms with Gasteiger partial charge in [-0.25, -0.2) is 4.98 Å². The van der Waals surface area contributed by atoms with E-state index in [4.69, 9.17) is 20.2 Å². The van der Waals surface area contributed by atoms with Crippen LogP contribution in [0.1, 0.15) is 34.8 Å². The van der Waals surface area contributed by atoms with E-state index in [0.29, 0.717) is 35.4 Å². The van der Waals surface area contributed by atoms with E-state index in [0.717, 1.165) is 40.4 Å². The van der Waals surface area contributed by atoms with Gasteiger partial charge in [-0.15, -0.1) is 11.3 Å². The number of aryl methyl sites for hydroxylation is 1. The van der Waals surface area contributed by atoms with Crippen molar-refractivity contribution in [2.24, 2.45) is 5.92 Å². The number of hydrogen-bond donors (Lipinski definition) is 2. The van der Waals surface area contributed by atoms with Crippen LogP contribution in [0.4, 0.5) is 11.5 Å². The Morgan fingerprint density at radius 1 is 1.33 bits per heavy atom. The zero-order valence-corrected chi connectivity index (χ0v) is 20.2. The number of nitrogen functional groups attached to an aromatic ring is 1. The lowest BCUT2D eigenvalue weighted by molar-refractivity contribution is -0.00622. The molecule has 0 spiro atoms. The molecule has 0 aliphatic carbocycles. The van der Waals surface area contributed by atoms with Gasteiger partial charge in [0.05, 0.1) is 17.3 Å². The predicted octanol–water partition coefficient (Wildman–Crippen LogP) is 3.18. The van der Waals surface area contributed by atoms with Crippen molar-refractivity contribution < 1.29 is 14.3 Å². The highest BCUT2D eigenvalue weighted by Crippen LogP contribution is 2.35. The number of methoxy groups -OCH3 is 1. The third kappa shape index (κ3) is 3.89. The molecule has 3 N–H and O–H groups in total. The van der Waals surface area contributed by atoms with Gasteiger partial charge in [-0.05, 0) is 38.1 Å². The normalized spacial score (nSPS) is 24.5. The Bertz CT molecular complexity index is 1230. The highest BCUT2D eigenvalue weighted by atomic mass is 32.1. The molecule has 2 aliphatic rings. The van der Waals surface area contributed by atoms with Gasteiger partial charge in [-0.1, -0.05) is 6.92 Å². The lowest BCUT2D eigenvalue weighted by Gasteiger charge is -2.28.